The first-order chi connectivity index (χ1) is 9.31. The molecule has 2 N–H and O–H groups in total. The molecule has 19 heavy (non-hydrogen) atoms. The summed E-state index contributed by atoms with van der Waals surface area (Å²) in [4.78, 5) is 14.5. The van der Waals surface area contributed by atoms with Gasteiger partial charge in [-0.25, -0.2) is 0 Å². The third-order valence-corrected chi connectivity index (χ3v) is 4.37. The molecule has 2 atom stereocenters. The second-order valence-electron chi connectivity index (χ2n) is 5.56. The fourth-order valence-corrected chi connectivity index (χ4v) is 3.27. The summed E-state index contributed by atoms with van der Waals surface area (Å²) in [5.74, 6) is 1.42. The van der Waals surface area contributed by atoms with Gasteiger partial charge in [0.15, 0.2) is 0 Å². The molecule has 0 aliphatic carbocycles. The monoisotopic (exact) mass is 256 g/mol. The summed E-state index contributed by atoms with van der Waals surface area (Å²) < 4.78 is 0. The van der Waals surface area contributed by atoms with Crippen LogP contribution in [0.4, 0.5) is 0 Å². The van der Waals surface area contributed by atoms with Crippen molar-refractivity contribution in [3.63, 3.8) is 0 Å². The molecule has 1 amide bonds. The maximum Gasteiger partial charge on any atom is 0.253 e. The summed E-state index contributed by atoms with van der Waals surface area (Å²) in [7, 11) is 0. The van der Waals surface area contributed by atoms with Crippen LogP contribution in [0.1, 0.15) is 10.4 Å². The molecule has 2 aliphatic rings. The van der Waals surface area contributed by atoms with Crippen LogP contribution in [0, 0.1) is 11.8 Å². The predicted molar refractivity (Wildman–Crippen MR) is 71.8 cm³/mol. The second kappa shape index (κ2) is 4.06. The first-order valence-corrected chi connectivity index (χ1v) is 6.74. The van der Waals surface area contributed by atoms with E-state index in [1.165, 1.54) is 0 Å². The van der Waals surface area contributed by atoms with E-state index in [9.17, 15) is 4.79 Å². The molecule has 2 aromatic rings. The average Bonchev–Trinajstić information content (AvgIpc) is 3.11. The Hall–Kier alpha value is -1.88. The molecule has 3 heterocycles. The summed E-state index contributed by atoms with van der Waals surface area (Å²) in [5.41, 5.74) is 1.68. The van der Waals surface area contributed by atoms with Crippen molar-refractivity contribution in [1.29, 1.82) is 0 Å². The first-order valence-electron chi connectivity index (χ1n) is 6.74. The van der Waals surface area contributed by atoms with Crippen molar-refractivity contribution in [2.45, 2.75) is 0 Å². The highest BCUT2D eigenvalue weighted by molar-refractivity contribution is 5.97. The fourth-order valence-electron chi connectivity index (χ4n) is 3.27. The number of rotatable bonds is 1. The minimum atomic E-state index is 0.144. The summed E-state index contributed by atoms with van der Waals surface area (Å²) in [6.45, 7) is 3.87. The maximum absolute atomic E-state index is 12.5. The Balaban J connectivity index is 1.59. The second-order valence-corrected chi connectivity index (χ2v) is 5.56. The van der Waals surface area contributed by atoms with Gasteiger partial charge in [-0.1, -0.05) is 6.07 Å². The van der Waals surface area contributed by atoms with Crippen molar-refractivity contribution in [2.75, 3.05) is 26.2 Å². The van der Waals surface area contributed by atoms with Crippen LogP contribution < -0.4 is 5.32 Å². The van der Waals surface area contributed by atoms with Crippen molar-refractivity contribution < 1.29 is 4.79 Å². The van der Waals surface area contributed by atoms with Crippen LogP contribution in [0.5, 0.6) is 0 Å². The van der Waals surface area contributed by atoms with Gasteiger partial charge in [-0.3, -0.25) is 9.89 Å². The molecule has 2 saturated heterocycles. The normalized spacial score (nSPS) is 26.0. The molecule has 5 nitrogen and oxygen atoms in total. The molecule has 0 bridgehead atoms. The number of likely N-dealkylation sites (tertiary alicyclic amines) is 1. The van der Waals surface area contributed by atoms with Gasteiger partial charge in [0, 0.05) is 37.1 Å². The van der Waals surface area contributed by atoms with Gasteiger partial charge in [0.2, 0.25) is 0 Å². The van der Waals surface area contributed by atoms with E-state index in [1.807, 2.05) is 23.1 Å². The summed E-state index contributed by atoms with van der Waals surface area (Å²) in [6, 6.07) is 5.74. The molecule has 4 rings (SSSR count). The van der Waals surface area contributed by atoms with Gasteiger partial charge < -0.3 is 10.2 Å². The zero-order valence-electron chi connectivity index (χ0n) is 10.6. The highest BCUT2D eigenvalue weighted by atomic mass is 16.2. The van der Waals surface area contributed by atoms with Crippen molar-refractivity contribution in [2.24, 2.45) is 11.8 Å². The molecule has 1 aromatic carbocycles. The molecular formula is C14H16N4O. The van der Waals surface area contributed by atoms with Gasteiger partial charge in [0.25, 0.3) is 5.91 Å². The van der Waals surface area contributed by atoms with Crippen LogP contribution in [0.2, 0.25) is 0 Å². The fraction of sp³-hybridized carbons (Fsp3) is 0.429. The van der Waals surface area contributed by atoms with E-state index in [4.69, 9.17) is 0 Å². The van der Waals surface area contributed by atoms with Crippen LogP contribution >= 0.6 is 0 Å². The number of nitrogens with one attached hydrogen (secondary N) is 2. The van der Waals surface area contributed by atoms with E-state index in [0.29, 0.717) is 11.8 Å². The molecule has 2 fully saturated rings. The van der Waals surface area contributed by atoms with Gasteiger partial charge in [0.05, 0.1) is 11.7 Å². The van der Waals surface area contributed by atoms with E-state index in [1.54, 1.807) is 6.20 Å². The number of fused-ring (bicyclic) bond motifs is 2. The largest absolute Gasteiger partial charge is 0.338 e. The Labute approximate surface area is 111 Å². The number of hydrogen-bond donors (Lipinski definition) is 2. The Morgan fingerprint density at radius 1 is 1.26 bits per heavy atom. The number of aromatic amines is 1. The SMILES string of the molecule is O=C(c1ccc2cn[nH]c2c1)N1C[C@H]2CNC[C@H]2C1. The third kappa shape index (κ3) is 1.73. The van der Waals surface area contributed by atoms with Crippen molar-refractivity contribution in [3.8, 4) is 0 Å². The Morgan fingerprint density at radius 3 is 2.84 bits per heavy atom. The lowest BCUT2D eigenvalue weighted by Crippen LogP contribution is -2.31. The summed E-state index contributed by atoms with van der Waals surface area (Å²) >= 11 is 0. The molecule has 0 saturated carbocycles. The van der Waals surface area contributed by atoms with Crippen molar-refractivity contribution >= 4 is 16.8 Å². The van der Waals surface area contributed by atoms with Crippen molar-refractivity contribution in [1.82, 2.24) is 20.4 Å². The van der Waals surface area contributed by atoms with E-state index >= 15 is 0 Å². The van der Waals surface area contributed by atoms with E-state index in [2.05, 4.69) is 15.5 Å². The lowest BCUT2D eigenvalue weighted by atomic mass is 10.0. The highest BCUT2D eigenvalue weighted by Gasteiger charge is 2.38. The van der Waals surface area contributed by atoms with Gasteiger partial charge in [-0.05, 0) is 24.0 Å². The van der Waals surface area contributed by atoms with E-state index in [0.717, 1.165) is 42.6 Å². The van der Waals surface area contributed by atoms with E-state index in [-0.39, 0.29) is 5.91 Å². The minimum absolute atomic E-state index is 0.144. The number of amides is 1. The first kappa shape index (κ1) is 11.0. The number of benzene rings is 1. The van der Waals surface area contributed by atoms with Gasteiger partial charge in [-0.2, -0.15) is 5.10 Å². The van der Waals surface area contributed by atoms with Crippen LogP contribution in [-0.4, -0.2) is 47.2 Å². The van der Waals surface area contributed by atoms with Gasteiger partial charge >= 0.3 is 0 Å². The Kier molecular flexibility index (Phi) is 2.35. The molecular weight excluding hydrogens is 240 g/mol. The third-order valence-electron chi connectivity index (χ3n) is 4.37. The molecule has 0 spiro atoms. The smallest absolute Gasteiger partial charge is 0.253 e. The average molecular weight is 256 g/mol. The summed E-state index contributed by atoms with van der Waals surface area (Å²) in [6.07, 6.45) is 1.77. The zero-order valence-corrected chi connectivity index (χ0v) is 10.6. The van der Waals surface area contributed by atoms with E-state index < -0.39 is 0 Å². The minimum Gasteiger partial charge on any atom is -0.338 e. The van der Waals surface area contributed by atoms with Crippen LogP contribution in [0.15, 0.2) is 24.4 Å². The van der Waals surface area contributed by atoms with Gasteiger partial charge in [-0.15, -0.1) is 0 Å². The molecule has 1 aromatic heterocycles. The number of nitrogens with zero attached hydrogens (tertiary/aromatic N) is 2. The van der Waals surface area contributed by atoms with Crippen molar-refractivity contribution in [3.05, 3.63) is 30.0 Å². The number of carbonyl (C=O) groups excluding carboxylic acids is 1. The molecule has 98 valence electrons. The predicted octanol–water partition coefficient (Wildman–Crippen LogP) is 0.854. The van der Waals surface area contributed by atoms with Gasteiger partial charge in [0.1, 0.15) is 0 Å². The molecule has 0 unspecified atom stereocenters. The van der Waals surface area contributed by atoms with Crippen LogP contribution in [-0.2, 0) is 0 Å². The van der Waals surface area contributed by atoms with Crippen LogP contribution in [0.25, 0.3) is 10.9 Å². The number of aromatic nitrogens is 2. The lowest BCUT2D eigenvalue weighted by molar-refractivity contribution is 0.0782. The van der Waals surface area contributed by atoms with Crippen LogP contribution in [0.3, 0.4) is 0 Å². The number of hydrogen-bond acceptors (Lipinski definition) is 3. The lowest BCUT2D eigenvalue weighted by Gasteiger charge is -2.17. The standard InChI is InChI=1S/C14H16N4O/c19-14(18-7-11-4-15-5-12(11)8-18)9-1-2-10-6-16-17-13(10)3-9/h1-3,6,11-12,15H,4-5,7-8H2,(H,16,17)/t11-,12+. The topological polar surface area (TPSA) is 61.0 Å². The maximum atomic E-state index is 12.5. The molecule has 5 heteroatoms. The number of carbonyl (C=O) groups is 1. The Morgan fingerprint density at radius 2 is 2.05 bits per heavy atom. The molecule has 2 aliphatic heterocycles. The number of H-pyrrole nitrogens is 1. The Bertz CT molecular complexity index is 623. The highest BCUT2D eigenvalue weighted by Crippen LogP contribution is 2.27. The zero-order chi connectivity index (χ0) is 12.8. The molecule has 0 radical (unpaired) electrons. The quantitative estimate of drug-likeness (QED) is 0.795. The summed E-state index contributed by atoms with van der Waals surface area (Å²) in [5, 5.41) is 11.3.